The average molecular weight is 403 g/mol. The minimum atomic E-state index is -0.591. The largest absolute Gasteiger partial charge is 0.494 e. The third-order valence-electron chi connectivity index (χ3n) is 5.73. The van der Waals surface area contributed by atoms with E-state index >= 15 is 0 Å². The number of nitrogens with zero attached hydrogens (tertiary/aromatic N) is 1. The van der Waals surface area contributed by atoms with Gasteiger partial charge in [-0.25, -0.2) is 9.18 Å². The van der Waals surface area contributed by atoms with E-state index < -0.39 is 23.9 Å². The van der Waals surface area contributed by atoms with Gasteiger partial charge in [0.2, 0.25) is 0 Å². The number of ether oxygens (including phenoxy) is 1. The fraction of sp³-hybridized carbons (Fsp3) is 0.591. The number of amides is 1. The molecule has 0 aliphatic carbocycles. The maximum absolute atomic E-state index is 14.9. The first-order valence-electron chi connectivity index (χ1n) is 10.1. The lowest BCUT2D eigenvalue weighted by Gasteiger charge is -2.32. The van der Waals surface area contributed by atoms with Gasteiger partial charge in [0, 0.05) is 18.7 Å². The van der Waals surface area contributed by atoms with Gasteiger partial charge in [0.05, 0.1) is 11.2 Å². The van der Waals surface area contributed by atoms with E-state index in [0.29, 0.717) is 30.5 Å². The topological polar surface area (TPSA) is 48.0 Å². The number of carbonyl (C=O) groups is 1. The molecule has 0 radical (unpaired) electrons. The van der Waals surface area contributed by atoms with Gasteiger partial charge in [-0.1, -0.05) is 18.2 Å². The lowest BCUT2D eigenvalue weighted by molar-refractivity contribution is 0.00578. The van der Waals surface area contributed by atoms with Crippen LogP contribution in [0.15, 0.2) is 24.3 Å². The van der Waals surface area contributed by atoms with Crippen LogP contribution in [-0.2, 0) is 14.0 Å². The van der Waals surface area contributed by atoms with Gasteiger partial charge in [0.25, 0.3) is 0 Å². The molecule has 1 aromatic rings. The first-order chi connectivity index (χ1) is 13.3. The van der Waals surface area contributed by atoms with Crippen molar-refractivity contribution in [2.75, 3.05) is 13.1 Å². The van der Waals surface area contributed by atoms with Crippen molar-refractivity contribution in [1.82, 2.24) is 4.90 Å². The summed E-state index contributed by atoms with van der Waals surface area (Å²) < 4.78 is 32.3. The van der Waals surface area contributed by atoms with Crippen LogP contribution < -0.4 is 5.46 Å². The molecular formula is C22H31BFNO4. The summed E-state index contributed by atoms with van der Waals surface area (Å²) in [5.74, 6) is -0.311. The minimum Gasteiger partial charge on any atom is -0.444 e. The summed E-state index contributed by atoms with van der Waals surface area (Å²) >= 11 is 0. The molecule has 1 saturated heterocycles. The number of carbonyl (C=O) groups excluding carboxylic acids is 1. The van der Waals surface area contributed by atoms with Crippen LogP contribution in [0.25, 0.3) is 5.57 Å². The van der Waals surface area contributed by atoms with E-state index in [0.717, 1.165) is 5.57 Å². The van der Waals surface area contributed by atoms with Crippen molar-refractivity contribution in [3.8, 4) is 0 Å². The van der Waals surface area contributed by atoms with Crippen LogP contribution in [0.4, 0.5) is 9.18 Å². The van der Waals surface area contributed by atoms with E-state index in [9.17, 15) is 9.18 Å². The summed E-state index contributed by atoms with van der Waals surface area (Å²) in [6, 6.07) is 5.10. The number of halogens is 1. The minimum absolute atomic E-state index is 0.311. The molecule has 0 aromatic heterocycles. The van der Waals surface area contributed by atoms with Crippen molar-refractivity contribution in [2.24, 2.45) is 0 Å². The molecule has 2 aliphatic heterocycles. The molecule has 2 heterocycles. The predicted octanol–water partition coefficient (Wildman–Crippen LogP) is 4.15. The first kappa shape index (κ1) is 21.8. The number of benzene rings is 1. The molecule has 0 N–H and O–H groups in total. The van der Waals surface area contributed by atoms with Gasteiger partial charge in [-0.05, 0) is 72.0 Å². The highest BCUT2D eigenvalue weighted by atomic mass is 19.1. The van der Waals surface area contributed by atoms with E-state index in [2.05, 4.69) is 0 Å². The van der Waals surface area contributed by atoms with Gasteiger partial charge >= 0.3 is 13.2 Å². The molecule has 5 nitrogen and oxygen atoms in total. The molecule has 1 fully saturated rings. The molecule has 0 saturated carbocycles. The zero-order chi connectivity index (χ0) is 21.6. The highest BCUT2D eigenvalue weighted by Crippen LogP contribution is 2.36. The summed E-state index contributed by atoms with van der Waals surface area (Å²) in [6.45, 7) is 14.3. The Hall–Kier alpha value is -1.86. The van der Waals surface area contributed by atoms with Crippen LogP contribution in [0.5, 0.6) is 0 Å². The standard InChI is InChI=1S/C22H31BFNO4/c1-20(2,3)27-19(26)25-12-10-15(11-13-25)17-9-8-16(14-18(17)24)23-28-21(4,5)22(6,7)29-23/h8-10,14H,11-13H2,1-7H3. The second kappa shape index (κ2) is 7.44. The van der Waals surface area contributed by atoms with Crippen molar-refractivity contribution in [3.63, 3.8) is 0 Å². The molecule has 0 unspecified atom stereocenters. The van der Waals surface area contributed by atoms with Gasteiger partial charge in [-0.15, -0.1) is 0 Å². The molecule has 7 heteroatoms. The third-order valence-corrected chi connectivity index (χ3v) is 5.73. The maximum atomic E-state index is 14.9. The Morgan fingerprint density at radius 2 is 1.79 bits per heavy atom. The van der Waals surface area contributed by atoms with Crippen molar-refractivity contribution in [3.05, 3.63) is 35.7 Å². The van der Waals surface area contributed by atoms with Crippen LogP contribution in [0, 0.1) is 5.82 Å². The Kier molecular flexibility index (Phi) is 5.60. The second-order valence-corrected chi connectivity index (χ2v) is 9.73. The molecule has 0 atom stereocenters. The molecule has 2 aliphatic rings. The molecule has 158 valence electrons. The second-order valence-electron chi connectivity index (χ2n) is 9.73. The number of hydrogen-bond acceptors (Lipinski definition) is 4. The summed E-state index contributed by atoms with van der Waals surface area (Å²) in [5, 5.41) is 0. The van der Waals surface area contributed by atoms with Crippen LogP contribution in [0.1, 0.15) is 60.5 Å². The zero-order valence-corrected chi connectivity index (χ0v) is 18.5. The van der Waals surface area contributed by atoms with E-state index in [-0.39, 0.29) is 11.9 Å². The lowest BCUT2D eigenvalue weighted by atomic mass is 9.78. The van der Waals surface area contributed by atoms with Gasteiger partial charge in [0.1, 0.15) is 11.4 Å². The molecular weight excluding hydrogens is 372 g/mol. The third kappa shape index (κ3) is 4.67. The van der Waals surface area contributed by atoms with Crippen LogP contribution >= 0.6 is 0 Å². The Bertz CT molecular complexity index is 813. The number of hydrogen-bond donors (Lipinski definition) is 0. The van der Waals surface area contributed by atoms with E-state index in [4.69, 9.17) is 14.0 Å². The summed E-state index contributed by atoms with van der Waals surface area (Å²) in [5.41, 5.74) is 0.637. The Balaban J connectivity index is 1.71. The fourth-order valence-corrected chi connectivity index (χ4v) is 3.32. The zero-order valence-electron chi connectivity index (χ0n) is 18.5. The normalized spacial score (nSPS) is 21.2. The van der Waals surface area contributed by atoms with Crippen molar-refractivity contribution < 1.29 is 23.2 Å². The van der Waals surface area contributed by atoms with E-state index in [1.807, 2.05) is 60.6 Å². The van der Waals surface area contributed by atoms with E-state index in [1.165, 1.54) is 6.07 Å². The fourth-order valence-electron chi connectivity index (χ4n) is 3.32. The summed E-state index contributed by atoms with van der Waals surface area (Å²) in [4.78, 5) is 13.8. The molecule has 1 aromatic carbocycles. The Labute approximate surface area is 173 Å². The smallest absolute Gasteiger partial charge is 0.444 e. The van der Waals surface area contributed by atoms with Crippen molar-refractivity contribution >= 4 is 24.2 Å². The van der Waals surface area contributed by atoms with Gasteiger partial charge < -0.3 is 18.9 Å². The average Bonchev–Trinajstić information content (AvgIpc) is 2.81. The van der Waals surface area contributed by atoms with Gasteiger partial charge in [-0.2, -0.15) is 0 Å². The Morgan fingerprint density at radius 3 is 2.28 bits per heavy atom. The molecule has 0 spiro atoms. The number of rotatable bonds is 2. The summed E-state index contributed by atoms with van der Waals surface area (Å²) in [7, 11) is -0.591. The van der Waals surface area contributed by atoms with Crippen LogP contribution in [-0.4, -0.2) is 48.0 Å². The predicted molar refractivity (Wildman–Crippen MR) is 113 cm³/mol. The maximum Gasteiger partial charge on any atom is 0.494 e. The molecule has 1 amide bonds. The molecule has 0 bridgehead atoms. The SMILES string of the molecule is CC(C)(C)OC(=O)N1CC=C(c2ccc(B3OC(C)(C)C(C)(C)O3)cc2F)CC1. The van der Waals surface area contributed by atoms with Crippen LogP contribution in [0.2, 0.25) is 0 Å². The van der Waals surface area contributed by atoms with Crippen molar-refractivity contribution in [1.29, 1.82) is 0 Å². The lowest BCUT2D eigenvalue weighted by Crippen LogP contribution is -2.41. The molecule has 29 heavy (non-hydrogen) atoms. The Morgan fingerprint density at radius 1 is 1.17 bits per heavy atom. The monoisotopic (exact) mass is 403 g/mol. The quantitative estimate of drug-likeness (QED) is 0.697. The van der Waals surface area contributed by atoms with Gasteiger partial charge in [-0.3, -0.25) is 0 Å². The highest BCUT2D eigenvalue weighted by Gasteiger charge is 2.51. The van der Waals surface area contributed by atoms with Crippen molar-refractivity contribution in [2.45, 2.75) is 71.7 Å². The summed E-state index contributed by atoms with van der Waals surface area (Å²) in [6.07, 6.45) is 2.12. The highest BCUT2D eigenvalue weighted by molar-refractivity contribution is 6.62. The van der Waals surface area contributed by atoms with E-state index in [1.54, 1.807) is 11.0 Å². The van der Waals surface area contributed by atoms with Gasteiger partial charge in [0.15, 0.2) is 0 Å². The van der Waals surface area contributed by atoms with Crippen LogP contribution in [0.3, 0.4) is 0 Å². The first-order valence-corrected chi connectivity index (χ1v) is 10.1. The molecule has 3 rings (SSSR count).